The van der Waals surface area contributed by atoms with Crippen LogP contribution >= 0.6 is 0 Å². The van der Waals surface area contributed by atoms with Crippen molar-refractivity contribution in [2.75, 3.05) is 18.8 Å². The van der Waals surface area contributed by atoms with E-state index in [0.717, 1.165) is 19.3 Å². The van der Waals surface area contributed by atoms with E-state index in [1.54, 1.807) is 7.05 Å². The number of sulfonamides is 1. The summed E-state index contributed by atoms with van der Waals surface area (Å²) in [5, 5.41) is 0.111. The maximum atomic E-state index is 12.5. The molecule has 1 saturated heterocycles. The molecule has 1 aromatic heterocycles. The molecule has 0 amide bonds. The van der Waals surface area contributed by atoms with Crippen LogP contribution in [0.5, 0.6) is 0 Å². The summed E-state index contributed by atoms with van der Waals surface area (Å²) in [6.07, 6.45) is 4.53. The van der Waals surface area contributed by atoms with Gasteiger partial charge in [-0.15, -0.1) is 0 Å². The Kier molecular flexibility index (Phi) is 3.63. The fourth-order valence-corrected chi connectivity index (χ4v) is 4.26. The molecule has 0 bridgehead atoms. The van der Waals surface area contributed by atoms with Crippen molar-refractivity contribution in [3.63, 3.8) is 0 Å². The highest BCUT2D eigenvalue weighted by Gasteiger charge is 2.35. The molecule has 102 valence electrons. The van der Waals surface area contributed by atoms with E-state index >= 15 is 0 Å². The van der Waals surface area contributed by atoms with Crippen LogP contribution < -0.4 is 5.73 Å². The summed E-state index contributed by atoms with van der Waals surface area (Å²) >= 11 is 0. The number of anilines is 1. The summed E-state index contributed by atoms with van der Waals surface area (Å²) < 4.78 is 27.9. The number of nitrogens with two attached hydrogens (primary N) is 1. The number of hydrogen-bond donors (Lipinski definition) is 1. The Bertz CT molecular complexity index is 504. The van der Waals surface area contributed by atoms with Gasteiger partial charge in [-0.1, -0.05) is 13.3 Å². The van der Waals surface area contributed by atoms with Crippen LogP contribution in [0.1, 0.15) is 26.2 Å². The highest BCUT2D eigenvalue weighted by molar-refractivity contribution is 7.89. The first-order chi connectivity index (χ1) is 8.46. The second-order valence-corrected chi connectivity index (χ2v) is 6.71. The van der Waals surface area contributed by atoms with E-state index in [4.69, 9.17) is 5.73 Å². The predicted molar refractivity (Wildman–Crippen MR) is 69.4 cm³/mol. The van der Waals surface area contributed by atoms with Crippen LogP contribution in [0.3, 0.4) is 0 Å². The summed E-state index contributed by atoms with van der Waals surface area (Å²) in [5.41, 5.74) is 5.65. The van der Waals surface area contributed by atoms with Gasteiger partial charge in [-0.25, -0.2) is 13.4 Å². The van der Waals surface area contributed by atoms with Crippen molar-refractivity contribution in [1.82, 2.24) is 13.9 Å². The summed E-state index contributed by atoms with van der Waals surface area (Å²) in [5.74, 6) is 0.552. The zero-order valence-electron chi connectivity index (χ0n) is 10.8. The van der Waals surface area contributed by atoms with Gasteiger partial charge in [-0.3, -0.25) is 0 Å². The molecule has 1 aliphatic rings. The van der Waals surface area contributed by atoms with Gasteiger partial charge in [-0.2, -0.15) is 4.31 Å². The summed E-state index contributed by atoms with van der Waals surface area (Å²) in [7, 11) is -1.85. The molecule has 1 aromatic rings. The van der Waals surface area contributed by atoms with Crippen LogP contribution in [-0.4, -0.2) is 35.4 Å². The first kappa shape index (κ1) is 13.4. The van der Waals surface area contributed by atoms with E-state index in [9.17, 15) is 8.42 Å². The molecule has 2 N–H and O–H groups in total. The lowest BCUT2D eigenvalue weighted by Gasteiger charge is -2.17. The van der Waals surface area contributed by atoms with Crippen LogP contribution in [0.2, 0.25) is 0 Å². The van der Waals surface area contributed by atoms with Crippen molar-refractivity contribution in [2.24, 2.45) is 13.0 Å². The maximum Gasteiger partial charge on any atom is 0.262 e. The second-order valence-electron chi connectivity index (χ2n) is 4.85. The molecule has 1 unspecified atom stereocenters. The van der Waals surface area contributed by atoms with Gasteiger partial charge >= 0.3 is 0 Å². The number of nitrogens with zero attached hydrogens (tertiary/aromatic N) is 3. The summed E-state index contributed by atoms with van der Waals surface area (Å²) in [4.78, 5) is 3.84. The average Bonchev–Trinajstić information content (AvgIpc) is 2.87. The van der Waals surface area contributed by atoms with Crippen molar-refractivity contribution < 1.29 is 8.42 Å². The number of aromatic nitrogens is 2. The lowest BCUT2D eigenvalue weighted by atomic mass is 10.0. The van der Waals surface area contributed by atoms with Crippen molar-refractivity contribution in [1.29, 1.82) is 0 Å². The number of aryl methyl sites for hydroxylation is 1. The minimum Gasteiger partial charge on any atom is -0.381 e. The minimum atomic E-state index is -3.50. The Morgan fingerprint density at radius 2 is 2.28 bits per heavy atom. The van der Waals surface area contributed by atoms with Gasteiger partial charge in [0, 0.05) is 20.1 Å². The highest BCUT2D eigenvalue weighted by atomic mass is 32.2. The van der Waals surface area contributed by atoms with Gasteiger partial charge < -0.3 is 10.3 Å². The molecular weight excluding hydrogens is 252 g/mol. The number of imidazole rings is 1. The molecule has 0 saturated carbocycles. The molecule has 0 radical (unpaired) electrons. The maximum absolute atomic E-state index is 12.5. The average molecular weight is 272 g/mol. The Hall–Kier alpha value is -1.08. The Morgan fingerprint density at radius 1 is 1.56 bits per heavy atom. The van der Waals surface area contributed by atoms with Crippen molar-refractivity contribution in [3.8, 4) is 0 Å². The van der Waals surface area contributed by atoms with Crippen molar-refractivity contribution in [3.05, 3.63) is 6.33 Å². The summed E-state index contributed by atoms with van der Waals surface area (Å²) in [6.45, 7) is 3.30. The monoisotopic (exact) mass is 272 g/mol. The molecule has 18 heavy (non-hydrogen) atoms. The van der Waals surface area contributed by atoms with Crippen molar-refractivity contribution in [2.45, 2.75) is 31.2 Å². The van der Waals surface area contributed by atoms with Gasteiger partial charge in [0.15, 0.2) is 10.8 Å². The zero-order valence-corrected chi connectivity index (χ0v) is 11.7. The molecule has 0 aromatic carbocycles. The van der Waals surface area contributed by atoms with E-state index in [1.807, 2.05) is 0 Å². The highest BCUT2D eigenvalue weighted by Crippen LogP contribution is 2.28. The van der Waals surface area contributed by atoms with Crippen LogP contribution in [-0.2, 0) is 17.1 Å². The third-order valence-electron chi connectivity index (χ3n) is 3.44. The number of nitrogen functional groups attached to an aromatic ring is 1. The zero-order chi connectivity index (χ0) is 13.3. The fourth-order valence-electron chi connectivity index (χ4n) is 2.53. The largest absolute Gasteiger partial charge is 0.381 e. The number of hydrogen-bond acceptors (Lipinski definition) is 4. The third kappa shape index (κ3) is 2.24. The first-order valence-corrected chi connectivity index (χ1v) is 7.67. The molecule has 1 atom stereocenters. The molecular formula is C11H20N4O2S. The lowest BCUT2D eigenvalue weighted by molar-refractivity contribution is 0.440. The van der Waals surface area contributed by atoms with Gasteiger partial charge in [0.1, 0.15) is 0 Å². The molecule has 0 spiro atoms. The SMILES string of the molecule is CCCC1CCN(S(=O)(=O)c2c(N)ncn2C)C1. The van der Waals surface area contributed by atoms with Crippen LogP contribution in [0.25, 0.3) is 0 Å². The van der Waals surface area contributed by atoms with E-state index in [1.165, 1.54) is 15.2 Å². The van der Waals surface area contributed by atoms with Crippen molar-refractivity contribution >= 4 is 15.8 Å². The quantitative estimate of drug-likeness (QED) is 0.879. The van der Waals surface area contributed by atoms with E-state index < -0.39 is 10.0 Å². The normalized spacial score (nSPS) is 21.6. The fraction of sp³-hybridized carbons (Fsp3) is 0.727. The standard InChI is InChI=1S/C11H20N4O2S/c1-3-4-9-5-6-15(7-9)18(16,17)11-10(12)13-8-14(11)2/h8-9H,3-7,12H2,1-2H3. The Labute approximate surface area is 108 Å². The van der Waals surface area contributed by atoms with E-state index in [2.05, 4.69) is 11.9 Å². The minimum absolute atomic E-state index is 0.0800. The molecule has 0 aliphatic carbocycles. The van der Waals surface area contributed by atoms with Gasteiger partial charge in [0.2, 0.25) is 0 Å². The first-order valence-electron chi connectivity index (χ1n) is 6.23. The van der Waals surface area contributed by atoms with Gasteiger partial charge in [-0.05, 0) is 18.8 Å². The Morgan fingerprint density at radius 3 is 2.83 bits per heavy atom. The molecule has 2 rings (SSSR count). The predicted octanol–water partition coefficient (Wildman–Crippen LogP) is 0.813. The topological polar surface area (TPSA) is 81.2 Å². The van der Waals surface area contributed by atoms with E-state index in [-0.39, 0.29) is 10.8 Å². The smallest absolute Gasteiger partial charge is 0.262 e. The molecule has 6 nitrogen and oxygen atoms in total. The van der Waals surface area contributed by atoms with Crippen LogP contribution in [0.15, 0.2) is 11.4 Å². The molecule has 1 fully saturated rings. The molecule has 2 heterocycles. The lowest BCUT2D eigenvalue weighted by Crippen LogP contribution is -2.30. The number of rotatable bonds is 4. The molecule has 1 aliphatic heterocycles. The van der Waals surface area contributed by atoms with Crippen LogP contribution in [0, 0.1) is 5.92 Å². The third-order valence-corrected chi connectivity index (χ3v) is 5.44. The van der Waals surface area contributed by atoms with Gasteiger partial charge in [0.05, 0.1) is 6.33 Å². The van der Waals surface area contributed by atoms with E-state index in [0.29, 0.717) is 19.0 Å². The Balaban J connectivity index is 2.23. The molecule has 7 heteroatoms. The second kappa shape index (κ2) is 4.89. The summed E-state index contributed by atoms with van der Waals surface area (Å²) in [6, 6.07) is 0. The van der Waals surface area contributed by atoms with Crippen LogP contribution in [0.4, 0.5) is 5.82 Å². The van der Waals surface area contributed by atoms with Gasteiger partial charge in [0.25, 0.3) is 10.0 Å².